The summed E-state index contributed by atoms with van der Waals surface area (Å²) in [5.74, 6) is 1.63. The highest BCUT2D eigenvalue weighted by atomic mass is 16.5. The van der Waals surface area contributed by atoms with E-state index < -0.39 is 24.5 Å². The van der Waals surface area contributed by atoms with Crippen LogP contribution in [0.3, 0.4) is 0 Å². The molecule has 1 aromatic rings. The second-order valence-corrected chi connectivity index (χ2v) is 9.81. The number of ether oxygens (including phenoxy) is 3. The van der Waals surface area contributed by atoms with Crippen molar-refractivity contribution in [2.45, 2.75) is 64.0 Å². The van der Waals surface area contributed by atoms with E-state index in [0.717, 1.165) is 19.3 Å². The fraction of sp³-hybridized carbons (Fsp3) is 0.625. The van der Waals surface area contributed by atoms with Crippen LogP contribution in [0.25, 0.3) is 0 Å². The van der Waals surface area contributed by atoms with E-state index in [1.54, 1.807) is 12.1 Å². The number of carbonyl (C=O) groups excluding carboxylic acids is 3. The summed E-state index contributed by atoms with van der Waals surface area (Å²) in [4.78, 5) is 37.0. The summed E-state index contributed by atoms with van der Waals surface area (Å²) in [6.07, 6.45) is 6.75. The predicted molar refractivity (Wildman–Crippen MR) is 117 cm³/mol. The average molecular weight is 445 g/mol. The molecule has 4 saturated carbocycles. The third-order valence-corrected chi connectivity index (χ3v) is 6.77. The Morgan fingerprint density at radius 1 is 1.03 bits per heavy atom. The van der Waals surface area contributed by atoms with E-state index in [2.05, 4.69) is 10.6 Å². The van der Waals surface area contributed by atoms with Gasteiger partial charge in [-0.2, -0.15) is 0 Å². The summed E-state index contributed by atoms with van der Waals surface area (Å²) in [5.41, 5.74) is 0.0374. The van der Waals surface area contributed by atoms with Crippen molar-refractivity contribution in [1.29, 1.82) is 0 Å². The molecular weight excluding hydrogens is 412 g/mol. The Morgan fingerprint density at radius 2 is 1.66 bits per heavy atom. The van der Waals surface area contributed by atoms with E-state index >= 15 is 0 Å². The standard InChI is InChI=1S/C24H32N2O6/c1-14(2)32-19-5-4-18(9-20(19)30-3)22(28)31-13-21(27)25-23(29)26-24-10-15-6-16(11-24)8-17(7-15)12-24/h4-5,9,14-17H,6-8,10-13H2,1-3H3,(H2,25,26,27,29). The average Bonchev–Trinajstić information content (AvgIpc) is 2.70. The van der Waals surface area contributed by atoms with Gasteiger partial charge in [-0.25, -0.2) is 9.59 Å². The maximum Gasteiger partial charge on any atom is 0.338 e. The Kier molecular flexibility index (Phi) is 6.31. The summed E-state index contributed by atoms with van der Waals surface area (Å²) in [6.45, 7) is 3.23. The third-order valence-electron chi connectivity index (χ3n) is 6.77. The summed E-state index contributed by atoms with van der Waals surface area (Å²) < 4.78 is 16.0. The Labute approximate surface area is 188 Å². The number of methoxy groups -OCH3 is 1. The minimum atomic E-state index is -0.684. The molecule has 4 bridgehead atoms. The highest BCUT2D eigenvalue weighted by Gasteiger charge is 2.51. The largest absolute Gasteiger partial charge is 0.493 e. The van der Waals surface area contributed by atoms with Gasteiger partial charge in [-0.1, -0.05) is 0 Å². The molecule has 4 aliphatic carbocycles. The van der Waals surface area contributed by atoms with Crippen molar-refractivity contribution in [1.82, 2.24) is 10.6 Å². The van der Waals surface area contributed by atoms with Gasteiger partial charge in [-0.05, 0) is 88.3 Å². The van der Waals surface area contributed by atoms with E-state index in [9.17, 15) is 14.4 Å². The summed E-state index contributed by atoms with van der Waals surface area (Å²) in [5, 5.41) is 5.37. The molecule has 0 unspecified atom stereocenters. The van der Waals surface area contributed by atoms with Crippen LogP contribution in [-0.2, 0) is 9.53 Å². The van der Waals surface area contributed by atoms with Crippen molar-refractivity contribution in [3.63, 3.8) is 0 Å². The van der Waals surface area contributed by atoms with Crippen molar-refractivity contribution >= 4 is 17.9 Å². The van der Waals surface area contributed by atoms with Crippen LogP contribution in [0.5, 0.6) is 11.5 Å². The Morgan fingerprint density at radius 3 is 2.22 bits per heavy atom. The zero-order chi connectivity index (χ0) is 22.9. The Bertz CT molecular complexity index is 861. The molecule has 0 atom stereocenters. The number of benzene rings is 1. The molecule has 1 aromatic carbocycles. The van der Waals surface area contributed by atoms with E-state index in [0.29, 0.717) is 29.3 Å². The van der Waals surface area contributed by atoms with E-state index in [1.807, 2.05) is 13.8 Å². The van der Waals surface area contributed by atoms with Crippen molar-refractivity contribution in [3.05, 3.63) is 23.8 Å². The Balaban J connectivity index is 1.26. The Hall–Kier alpha value is -2.77. The van der Waals surface area contributed by atoms with Gasteiger partial charge in [0.15, 0.2) is 18.1 Å². The highest BCUT2D eigenvalue weighted by Crippen LogP contribution is 2.55. The number of urea groups is 1. The number of hydrogen-bond acceptors (Lipinski definition) is 6. The van der Waals surface area contributed by atoms with E-state index in [4.69, 9.17) is 14.2 Å². The molecule has 2 N–H and O–H groups in total. The van der Waals surface area contributed by atoms with Crippen LogP contribution in [0, 0.1) is 17.8 Å². The first-order valence-electron chi connectivity index (χ1n) is 11.4. The van der Waals surface area contributed by atoms with Gasteiger partial charge in [0.1, 0.15) is 0 Å². The number of nitrogens with one attached hydrogen (secondary N) is 2. The lowest BCUT2D eigenvalue weighted by atomic mass is 9.53. The first kappa shape index (κ1) is 22.4. The molecule has 0 aliphatic heterocycles. The summed E-state index contributed by atoms with van der Waals surface area (Å²) >= 11 is 0. The quantitative estimate of drug-likeness (QED) is 0.625. The SMILES string of the molecule is COc1cc(C(=O)OCC(=O)NC(=O)NC23CC4CC(CC(C4)C2)C3)ccc1OC(C)C. The molecular formula is C24H32N2O6. The van der Waals surface area contributed by atoms with Crippen LogP contribution in [0.15, 0.2) is 18.2 Å². The second kappa shape index (κ2) is 9.00. The van der Waals surface area contributed by atoms with Crippen LogP contribution in [-0.4, -0.2) is 43.3 Å². The number of amides is 3. The molecule has 5 rings (SSSR count). The second-order valence-electron chi connectivity index (χ2n) is 9.81. The molecule has 8 nitrogen and oxygen atoms in total. The zero-order valence-electron chi connectivity index (χ0n) is 18.9. The fourth-order valence-corrected chi connectivity index (χ4v) is 6.06. The van der Waals surface area contributed by atoms with Crippen LogP contribution in [0.2, 0.25) is 0 Å². The van der Waals surface area contributed by atoms with Crippen molar-refractivity contribution in [2.75, 3.05) is 13.7 Å². The number of esters is 1. The van der Waals surface area contributed by atoms with Gasteiger partial charge in [-0.3, -0.25) is 10.1 Å². The van der Waals surface area contributed by atoms with Gasteiger partial charge in [0.2, 0.25) is 0 Å². The van der Waals surface area contributed by atoms with Crippen LogP contribution < -0.4 is 20.1 Å². The molecule has 0 saturated heterocycles. The maximum absolute atomic E-state index is 12.4. The van der Waals surface area contributed by atoms with Gasteiger partial charge in [-0.15, -0.1) is 0 Å². The molecule has 0 spiro atoms. The van der Waals surface area contributed by atoms with Crippen molar-refractivity contribution in [3.8, 4) is 11.5 Å². The van der Waals surface area contributed by atoms with Gasteiger partial charge in [0.25, 0.3) is 5.91 Å². The lowest BCUT2D eigenvalue weighted by molar-refractivity contribution is -0.123. The molecule has 32 heavy (non-hydrogen) atoms. The lowest BCUT2D eigenvalue weighted by Crippen LogP contribution is -2.62. The molecule has 3 amide bonds. The van der Waals surface area contributed by atoms with E-state index in [1.165, 1.54) is 32.4 Å². The van der Waals surface area contributed by atoms with Gasteiger partial charge < -0.3 is 19.5 Å². The lowest BCUT2D eigenvalue weighted by Gasteiger charge is -2.56. The van der Waals surface area contributed by atoms with Crippen molar-refractivity contribution < 1.29 is 28.6 Å². The molecule has 0 radical (unpaired) electrons. The minimum Gasteiger partial charge on any atom is -0.493 e. The van der Waals surface area contributed by atoms with Crippen LogP contribution in [0.1, 0.15) is 62.7 Å². The first-order chi connectivity index (χ1) is 15.2. The van der Waals surface area contributed by atoms with Gasteiger partial charge >= 0.3 is 12.0 Å². The third kappa shape index (κ3) is 5.00. The molecule has 4 fully saturated rings. The molecule has 4 aliphatic rings. The monoisotopic (exact) mass is 444 g/mol. The zero-order valence-corrected chi connectivity index (χ0v) is 18.9. The summed E-state index contributed by atoms with van der Waals surface area (Å²) in [7, 11) is 1.48. The molecule has 0 heterocycles. The van der Waals surface area contributed by atoms with Crippen molar-refractivity contribution in [2.24, 2.45) is 17.8 Å². The topological polar surface area (TPSA) is 103 Å². The maximum atomic E-state index is 12.4. The smallest absolute Gasteiger partial charge is 0.338 e. The normalized spacial score (nSPS) is 27.7. The minimum absolute atomic E-state index is 0.0463. The number of hydrogen-bond donors (Lipinski definition) is 2. The molecule has 8 heteroatoms. The predicted octanol–water partition coefficient (Wildman–Crippen LogP) is 3.43. The molecule has 174 valence electrons. The van der Waals surface area contributed by atoms with Gasteiger partial charge in [0, 0.05) is 5.54 Å². The highest BCUT2D eigenvalue weighted by molar-refractivity contribution is 5.97. The number of carbonyl (C=O) groups is 3. The number of rotatable bonds is 7. The molecule has 0 aromatic heterocycles. The fourth-order valence-electron chi connectivity index (χ4n) is 6.06. The van der Waals surface area contributed by atoms with Crippen LogP contribution in [0.4, 0.5) is 4.79 Å². The summed E-state index contributed by atoms with van der Waals surface area (Å²) in [6, 6.07) is 4.15. The van der Waals surface area contributed by atoms with Gasteiger partial charge in [0.05, 0.1) is 18.8 Å². The first-order valence-corrected chi connectivity index (χ1v) is 11.4. The van der Waals surface area contributed by atoms with Crippen LogP contribution >= 0.6 is 0 Å². The van der Waals surface area contributed by atoms with E-state index in [-0.39, 0.29) is 17.2 Å². The number of imide groups is 1.